The third kappa shape index (κ3) is 5.69. The smallest absolute Gasteiger partial charge is 0.387 e. The second-order valence-corrected chi connectivity index (χ2v) is 4.78. The molecule has 0 bridgehead atoms. The largest absolute Gasteiger partial charge is 0.493 e. The lowest BCUT2D eigenvalue weighted by molar-refractivity contribution is -0.0512. The molecule has 0 aromatic heterocycles. The van der Waals surface area contributed by atoms with E-state index in [1.165, 1.54) is 13.2 Å². The average Bonchev–Trinajstić information content (AvgIpc) is 2.55. The zero-order valence-electron chi connectivity index (χ0n) is 13.0. The van der Waals surface area contributed by atoms with E-state index in [0.29, 0.717) is 18.7 Å². The summed E-state index contributed by atoms with van der Waals surface area (Å²) in [5.41, 5.74) is 2.36. The van der Waals surface area contributed by atoms with Gasteiger partial charge in [0.15, 0.2) is 11.5 Å². The van der Waals surface area contributed by atoms with Gasteiger partial charge in [0.25, 0.3) is 0 Å². The topological polar surface area (TPSA) is 54.3 Å². The number of nitrogens with one attached hydrogen (secondary N) is 1. The molecule has 2 aromatic carbocycles. The first-order valence-electron chi connectivity index (χ1n) is 6.94. The summed E-state index contributed by atoms with van der Waals surface area (Å²) in [4.78, 5) is 0. The summed E-state index contributed by atoms with van der Waals surface area (Å²) in [6, 6.07) is 14.2. The van der Waals surface area contributed by atoms with Crippen LogP contribution in [-0.2, 0) is 13.1 Å². The second kappa shape index (κ2) is 9.71. The van der Waals surface area contributed by atoms with E-state index in [4.69, 9.17) is 10.00 Å². The number of rotatable bonds is 7. The van der Waals surface area contributed by atoms with Gasteiger partial charge in [-0.2, -0.15) is 14.0 Å². The highest BCUT2D eigenvalue weighted by Gasteiger charge is 2.11. The maximum Gasteiger partial charge on any atom is 0.387 e. The first-order valence-corrected chi connectivity index (χ1v) is 6.94. The van der Waals surface area contributed by atoms with Crippen molar-refractivity contribution in [1.82, 2.24) is 5.32 Å². The Labute approximate surface area is 145 Å². The summed E-state index contributed by atoms with van der Waals surface area (Å²) < 4.78 is 34.2. The van der Waals surface area contributed by atoms with E-state index in [0.717, 1.165) is 11.1 Å². The first-order chi connectivity index (χ1) is 11.1. The molecule has 0 heterocycles. The van der Waals surface area contributed by atoms with Crippen molar-refractivity contribution in [2.45, 2.75) is 19.7 Å². The van der Waals surface area contributed by atoms with Gasteiger partial charge in [-0.25, -0.2) is 0 Å². The molecule has 4 nitrogen and oxygen atoms in total. The second-order valence-electron chi connectivity index (χ2n) is 4.78. The minimum Gasteiger partial charge on any atom is -0.493 e. The SMILES string of the molecule is COc1ccc(CNCc2cccc(C#N)c2)cc1OC(F)F.Cl. The van der Waals surface area contributed by atoms with E-state index in [1.54, 1.807) is 24.3 Å². The van der Waals surface area contributed by atoms with Crippen molar-refractivity contribution in [1.29, 1.82) is 5.26 Å². The van der Waals surface area contributed by atoms with Gasteiger partial charge in [0.1, 0.15) is 0 Å². The predicted molar refractivity (Wildman–Crippen MR) is 88.6 cm³/mol. The molecule has 128 valence electrons. The molecule has 1 N–H and O–H groups in total. The van der Waals surface area contributed by atoms with Gasteiger partial charge in [0.05, 0.1) is 18.7 Å². The third-order valence-electron chi connectivity index (χ3n) is 3.16. The van der Waals surface area contributed by atoms with Crippen LogP contribution in [0, 0.1) is 11.3 Å². The number of nitrogens with zero attached hydrogens (tertiary/aromatic N) is 1. The summed E-state index contributed by atoms with van der Waals surface area (Å²) >= 11 is 0. The quantitative estimate of drug-likeness (QED) is 0.819. The fourth-order valence-corrected chi connectivity index (χ4v) is 2.12. The van der Waals surface area contributed by atoms with Gasteiger partial charge < -0.3 is 14.8 Å². The van der Waals surface area contributed by atoms with Crippen LogP contribution < -0.4 is 14.8 Å². The lowest BCUT2D eigenvalue weighted by Crippen LogP contribution is -2.13. The van der Waals surface area contributed by atoms with Crippen LogP contribution in [0.5, 0.6) is 11.5 Å². The monoisotopic (exact) mass is 354 g/mol. The minimum atomic E-state index is -2.90. The van der Waals surface area contributed by atoms with Crippen LogP contribution in [0.15, 0.2) is 42.5 Å². The predicted octanol–water partition coefficient (Wildman–Crippen LogP) is 3.88. The molecule has 0 aliphatic rings. The molecule has 0 fully saturated rings. The summed E-state index contributed by atoms with van der Waals surface area (Å²) in [7, 11) is 1.40. The molecule has 0 saturated heterocycles. The maximum atomic E-state index is 12.4. The van der Waals surface area contributed by atoms with Crippen molar-refractivity contribution < 1.29 is 18.3 Å². The summed E-state index contributed by atoms with van der Waals surface area (Å²) in [6.45, 7) is -1.87. The Morgan fingerprint density at radius 3 is 2.42 bits per heavy atom. The number of hydrogen-bond donors (Lipinski definition) is 1. The van der Waals surface area contributed by atoms with Crippen LogP contribution in [-0.4, -0.2) is 13.7 Å². The molecule has 0 radical (unpaired) electrons. The lowest BCUT2D eigenvalue weighted by atomic mass is 10.1. The Morgan fingerprint density at radius 2 is 1.79 bits per heavy atom. The van der Waals surface area contributed by atoms with Crippen LogP contribution in [0.4, 0.5) is 8.78 Å². The van der Waals surface area contributed by atoms with Gasteiger partial charge in [-0.15, -0.1) is 12.4 Å². The van der Waals surface area contributed by atoms with Crippen LogP contribution in [0.2, 0.25) is 0 Å². The van der Waals surface area contributed by atoms with E-state index in [1.807, 2.05) is 12.1 Å². The number of hydrogen-bond acceptors (Lipinski definition) is 4. The molecule has 2 aromatic rings. The highest BCUT2D eigenvalue weighted by molar-refractivity contribution is 5.85. The van der Waals surface area contributed by atoms with Gasteiger partial charge in [0, 0.05) is 13.1 Å². The Kier molecular flexibility index (Phi) is 7.96. The maximum absolute atomic E-state index is 12.4. The van der Waals surface area contributed by atoms with E-state index in [2.05, 4.69) is 16.1 Å². The average molecular weight is 355 g/mol. The van der Waals surface area contributed by atoms with Crippen LogP contribution in [0.25, 0.3) is 0 Å². The van der Waals surface area contributed by atoms with Gasteiger partial charge in [-0.1, -0.05) is 18.2 Å². The van der Waals surface area contributed by atoms with Gasteiger partial charge in [0.2, 0.25) is 0 Å². The van der Waals surface area contributed by atoms with Gasteiger partial charge >= 0.3 is 6.61 Å². The van der Waals surface area contributed by atoms with Crippen molar-refractivity contribution in [2.24, 2.45) is 0 Å². The van der Waals surface area contributed by atoms with Crippen molar-refractivity contribution >= 4 is 12.4 Å². The van der Waals surface area contributed by atoms with Crippen molar-refractivity contribution in [2.75, 3.05) is 7.11 Å². The minimum absolute atomic E-state index is 0. The molecule has 0 unspecified atom stereocenters. The summed E-state index contributed by atoms with van der Waals surface area (Å²) in [6.07, 6.45) is 0. The van der Waals surface area contributed by atoms with Gasteiger partial charge in [-0.3, -0.25) is 0 Å². The van der Waals surface area contributed by atoms with E-state index < -0.39 is 6.61 Å². The normalized spacial score (nSPS) is 9.96. The number of nitriles is 1. The molecule has 7 heteroatoms. The third-order valence-corrected chi connectivity index (χ3v) is 3.16. The lowest BCUT2D eigenvalue weighted by Gasteiger charge is -2.12. The van der Waals surface area contributed by atoms with Crippen molar-refractivity contribution in [3.8, 4) is 17.6 Å². The highest BCUT2D eigenvalue weighted by atomic mass is 35.5. The summed E-state index contributed by atoms with van der Waals surface area (Å²) in [5, 5.41) is 12.1. The fraction of sp³-hybridized carbons (Fsp3) is 0.235. The standard InChI is InChI=1S/C17H16F2N2O2.ClH/c1-22-15-6-5-14(8-16(15)23-17(18)19)11-21-10-13-4-2-3-12(7-13)9-20;/h2-8,17,21H,10-11H2,1H3;1H. The molecule has 24 heavy (non-hydrogen) atoms. The van der Waals surface area contributed by atoms with E-state index in [-0.39, 0.29) is 23.9 Å². The van der Waals surface area contributed by atoms with Crippen molar-refractivity contribution in [3.63, 3.8) is 0 Å². The van der Waals surface area contributed by atoms with Crippen LogP contribution in [0.3, 0.4) is 0 Å². The van der Waals surface area contributed by atoms with E-state index in [9.17, 15) is 8.78 Å². The molecule has 0 spiro atoms. The number of methoxy groups -OCH3 is 1. The number of halogens is 3. The number of ether oxygens (including phenoxy) is 2. The van der Waals surface area contributed by atoms with Gasteiger partial charge in [-0.05, 0) is 35.4 Å². The zero-order chi connectivity index (χ0) is 16.7. The molecule has 0 aliphatic carbocycles. The Morgan fingerprint density at radius 1 is 1.08 bits per heavy atom. The van der Waals surface area contributed by atoms with Crippen LogP contribution >= 0.6 is 12.4 Å². The Hall–Kier alpha value is -2.36. The molecular formula is C17H17ClF2N2O2. The molecule has 2 rings (SSSR count). The van der Waals surface area contributed by atoms with Crippen molar-refractivity contribution in [3.05, 3.63) is 59.2 Å². The number of alkyl halides is 2. The molecule has 0 aliphatic heterocycles. The fourth-order valence-electron chi connectivity index (χ4n) is 2.12. The molecular weight excluding hydrogens is 338 g/mol. The molecule has 0 atom stereocenters. The summed E-state index contributed by atoms with van der Waals surface area (Å²) in [5.74, 6) is 0.268. The van der Waals surface area contributed by atoms with Crippen LogP contribution in [0.1, 0.15) is 16.7 Å². The molecule has 0 amide bonds. The number of benzene rings is 2. The molecule has 0 saturated carbocycles. The zero-order valence-corrected chi connectivity index (χ0v) is 13.8. The first kappa shape index (κ1) is 19.7. The highest BCUT2D eigenvalue weighted by Crippen LogP contribution is 2.29. The Balaban J connectivity index is 0.00000288. The Bertz CT molecular complexity index is 705. The van der Waals surface area contributed by atoms with E-state index >= 15 is 0 Å².